The largest absolute Gasteiger partial charge is 0.507 e. The van der Waals surface area contributed by atoms with E-state index < -0.39 is 0 Å². The summed E-state index contributed by atoms with van der Waals surface area (Å²) in [6.45, 7) is 2.47. The Hall–Kier alpha value is -2.89. The van der Waals surface area contributed by atoms with Crippen LogP contribution in [0.3, 0.4) is 0 Å². The summed E-state index contributed by atoms with van der Waals surface area (Å²) in [5, 5.41) is 13.2. The molecule has 0 unspecified atom stereocenters. The van der Waals surface area contributed by atoms with E-state index in [4.69, 9.17) is 0 Å². The van der Waals surface area contributed by atoms with Crippen LogP contribution in [0, 0.1) is 6.92 Å². The van der Waals surface area contributed by atoms with Gasteiger partial charge >= 0.3 is 0 Å². The minimum Gasteiger partial charge on any atom is -0.507 e. The number of aromatic nitrogens is 4. The number of hydrogen-bond acceptors (Lipinski definition) is 5. The number of para-hydroxylation sites is 1. The van der Waals surface area contributed by atoms with Crippen LogP contribution in [-0.2, 0) is 13.6 Å². The topological polar surface area (TPSA) is 75.9 Å². The maximum atomic E-state index is 9.95. The van der Waals surface area contributed by atoms with Gasteiger partial charge in [-0.05, 0) is 19.1 Å². The van der Waals surface area contributed by atoms with E-state index in [0.717, 1.165) is 11.5 Å². The van der Waals surface area contributed by atoms with Gasteiger partial charge in [-0.3, -0.25) is 0 Å². The molecule has 0 fully saturated rings. The minimum atomic E-state index is 0.170. The van der Waals surface area contributed by atoms with Gasteiger partial charge in [-0.2, -0.15) is 0 Å². The first kappa shape index (κ1) is 14.1. The molecule has 0 saturated carbocycles. The van der Waals surface area contributed by atoms with Crippen molar-refractivity contribution in [3.8, 4) is 17.1 Å². The van der Waals surface area contributed by atoms with Crippen molar-refractivity contribution in [2.24, 2.45) is 7.05 Å². The number of nitrogens with one attached hydrogen (secondary N) is 1. The van der Waals surface area contributed by atoms with Gasteiger partial charge in [0, 0.05) is 31.2 Å². The quantitative estimate of drug-likeness (QED) is 0.773. The molecule has 3 aromatic rings. The molecule has 0 radical (unpaired) electrons. The molecule has 0 amide bonds. The van der Waals surface area contributed by atoms with E-state index in [1.807, 2.05) is 36.9 Å². The Morgan fingerprint density at radius 1 is 1.23 bits per heavy atom. The van der Waals surface area contributed by atoms with Crippen LogP contribution in [0.2, 0.25) is 0 Å². The molecule has 22 heavy (non-hydrogen) atoms. The molecule has 3 rings (SSSR count). The van der Waals surface area contributed by atoms with Crippen LogP contribution in [-0.4, -0.2) is 24.6 Å². The van der Waals surface area contributed by atoms with Crippen LogP contribution in [0.1, 0.15) is 11.5 Å². The van der Waals surface area contributed by atoms with Crippen LogP contribution in [0.4, 0.5) is 5.82 Å². The zero-order valence-corrected chi connectivity index (χ0v) is 12.5. The van der Waals surface area contributed by atoms with Gasteiger partial charge in [-0.25, -0.2) is 15.0 Å². The average Bonchev–Trinajstić information content (AvgIpc) is 2.90. The summed E-state index contributed by atoms with van der Waals surface area (Å²) < 4.78 is 1.95. The number of phenolic OH excluding ortho intramolecular Hbond substituents is 1. The van der Waals surface area contributed by atoms with E-state index in [0.29, 0.717) is 23.8 Å². The van der Waals surface area contributed by atoms with E-state index in [9.17, 15) is 5.11 Å². The first-order chi connectivity index (χ1) is 10.6. The highest BCUT2D eigenvalue weighted by Crippen LogP contribution is 2.26. The summed E-state index contributed by atoms with van der Waals surface area (Å²) in [5.74, 6) is 2.29. The van der Waals surface area contributed by atoms with Gasteiger partial charge < -0.3 is 15.0 Å². The highest BCUT2D eigenvalue weighted by Gasteiger charge is 2.09. The van der Waals surface area contributed by atoms with E-state index in [2.05, 4.69) is 20.3 Å². The number of anilines is 1. The van der Waals surface area contributed by atoms with Gasteiger partial charge in [-0.1, -0.05) is 12.1 Å². The van der Waals surface area contributed by atoms with Crippen molar-refractivity contribution < 1.29 is 5.11 Å². The number of nitrogens with zero attached hydrogens (tertiary/aromatic N) is 4. The van der Waals surface area contributed by atoms with Crippen molar-refractivity contribution in [1.82, 2.24) is 19.5 Å². The summed E-state index contributed by atoms with van der Waals surface area (Å²) in [7, 11) is 1.95. The fourth-order valence-electron chi connectivity index (χ4n) is 2.18. The molecule has 0 saturated heterocycles. The molecule has 2 aromatic heterocycles. The molecule has 0 aliphatic carbocycles. The lowest BCUT2D eigenvalue weighted by atomic mass is 10.2. The summed E-state index contributed by atoms with van der Waals surface area (Å²) in [6, 6.07) is 8.91. The molecule has 2 heterocycles. The molecular weight excluding hydrogens is 278 g/mol. The lowest BCUT2D eigenvalue weighted by Crippen LogP contribution is -2.08. The van der Waals surface area contributed by atoms with Gasteiger partial charge in [0.05, 0.1) is 12.1 Å². The van der Waals surface area contributed by atoms with Gasteiger partial charge in [0.2, 0.25) is 0 Å². The lowest BCUT2D eigenvalue weighted by molar-refractivity contribution is 0.477. The number of phenols is 1. The van der Waals surface area contributed by atoms with Crippen LogP contribution < -0.4 is 5.32 Å². The molecule has 6 heteroatoms. The Kier molecular flexibility index (Phi) is 3.74. The Morgan fingerprint density at radius 2 is 2.05 bits per heavy atom. The maximum absolute atomic E-state index is 9.95. The monoisotopic (exact) mass is 295 g/mol. The first-order valence-electron chi connectivity index (χ1n) is 6.97. The van der Waals surface area contributed by atoms with Gasteiger partial charge in [0.25, 0.3) is 0 Å². The normalized spacial score (nSPS) is 10.6. The molecule has 0 atom stereocenters. The number of aryl methyl sites for hydroxylation is 2. The van der Waals surface area contributed by atoms with Crippen molar-refractivity contribution in [2.75, 3.05) is 5.32 Å². The summed E-state index contributed by atoms with van der Waals surface area (Å²) in [6.07, 6.45) is 3.66. The summed E-state index contributed by atoms with van der Waals surface area (Å²) in [5.41, 5.74) is 1.45. The summed E-state index contributed by atoms with van der Waals surface area (Å²) >= 11 is 0. The van der Waals surface area contributed by atoms with E-state index in [-0.39, 0.29) is 5.75 Å². The predicted molar refractivity (Wildman–Crippen MR) is 84.4 cm³/mol. The smallest absolute Gasteiger partial charge is 0.165 e. The second kappa shape index (κ2) is 5.85. The third-order valence-electron chi connectivity index (χ3n) is 3.35. The fraction of sp³-hybridized carbons (Fsp3) is 0.188. The molecule has 112 valence electrons. The molecule has 1 aromatic carbocycles. The van der Waals surface area contributed by atoms with E-state index in [1.165, 1.54) is 0 Å². The number of benzene rings is 1. The second-order valence-electron chi connectivity index (χ2n) is 5.04. The first-order valence-corrected chi connectivity index (χ1v) is 6.97. The van der Waals surface area contributed by atoms with Crippen molar-refractivity contribution in [3.63, 3.8) is 0 Å². The number of aromatic hydroxyl groups is 1. The molecule has 0 aliphatic rings. The Bertz CT molecular complexity index is 797. The number of rotatable bonds is 4. The third-order valence-corrected chi connectivity index (χ3v) is 3.35. The van der Waals surface area contributed by atoms with Crippen LogP contribution in [0.15, 0.2) is 42.7 Å². The Balaban J connectivity index is 1.87. The van der Waals surface area contributed by atoms with E-state index >= 15 is 0 Å². The Morgan fingerprint density at radius 3 is 2.77 bits per heavy atom. The van der Waals surface area contributed by atoms with Crippen molar-refractivity contribution in [1.29, 1.82) is 0 Å². The minimum absolute atomic E-state index is 0.170. The highest BCUT2D eigenvalue weighted by atomic mass is 16.3. The zero-order valence-electron chi connectivity index (χ0n) is 12.5. The average molecular weight is 295 g/mol. The predicted octanol–water partition coefficient (Wildman–Crippen LogP) is 2.50. The third kappa shape index (κ3) is 2.90. The molecule has 6 nitrogen and oxygen atoms in total. The summed E-state index contributed by atoms with van der Waals surface area (Å²) in [4.78, 5) is 13.1. The maximum Gasteiger partial charge on any atom is 0.165 e. The van der Waals surface area contributed by atoms with Crippen molar-refractivity contribution >= 4 is 5.82 Å². The lowest BCUT2D eigenvalue weighted by Gasteiger charge is -2.09. The van der Waals surface area contributed by atoms with Crippen molar-refractivity contribution in [2.45, 2.75) is 13.5 Å². The van der Waals surface area contributed by atoms with Gasteiger partial charge in [-0.15, -0.1) is 0 Å². The molecule has 0 aliphatic heterocycles. The SMILES string of the molecule is Cc1cc(NCc2nccn2C)nc(-c2ccccc2O)n1. The van der Waals surface area contributed by atoms with Gasteiger partial charge in [0.15, 0.2) is 5.82 Å². The standard InChI is InChI=1S/C16H17N5O/c1-11-9-14(18-10-15-17-7-8-21(15)2)20-16(19-11)12-5-3-4-6-13(12)22/h3-9,22H,10H2,1-2H3,(H,18,19,20). The number of hydrogen-bond donors (Lipinski definition) is 2. The molecule has 0 spiro atoms. The van der Waals surface area contributed by atoms with Crippen LogP contribution >= 0.6 is 0 Å². The molecule has 2 N–H and O–H groups in total. The molecular formula is C16H17N5O. The van der Waals surface area contributed by atoms with E-state index in [1.54, 1.807) is 24.4 Å². The fourth-order valence-corrected chi connectivity index (χ4v) is 2.18. The number of imidazole rings is 1. The van der Waals surface area contributed by atoms with Crippen molar-refractivity contribution in [3.05, 3.63) is 54.2 Å². The zero-order chi connectivity index (χ0) is 15.5. The van der Waals surface area contributed by atoms with Crippen LogP contribution in [0.25, 0.3) is 11.4 Å². The Labute approximate surface area is 128 Å². The molecule has 0 bridgehead atoms. The van der Waals surface area contributed by atoms with Gasteiger partial charge in [0.1, 0.15) is 17.4 Å². The van der Waals surface area contributed by atoms with Crippen LogP contribution in [0.5, 0.6) is 5.75 Å². The second-order valence-corrected chi connectivity index (χ2v) is 5.04. The highest BCUT2D eigenvalue weighted by molar-refractivity contribution is 5.64.